The van der Waals surface area contributed by atoms with Crippen molar-refractivity contribution in [3.05, 3.63) is 65.4 Å². The van der Waals surface area contributed by atoms with Crippen LogP contribution in [0.4, 0.5) is 0 Å². The number of esters is 1. The van der Waals surface area contributed by atoms with Gasteiger partial charge in [0.25, 0.3) is 0 Å². The lowest BCUT2D eigenvalue weighted by molar-refractivity contribution is -0.136. The number of nitrogens with zero attached hydrogens (tertiary/aromatic N) is 1. The van der Waals surface area contributed by atoms with Crippen molar-refractivity contribution in [2.75, 3.05) is 27.4 Å². The SMILES string of the molecule is CCOC(=O)C(=C1CCCN1Cc1ccccc1)c1ccc(OC)c(OC)c1. The lowest BCUT2D eigenvalue weighted by atomic mass is 10.0. The second-order valence-electron chi connectivity index (χ2n) is 6.62. The molecule has 1 aliphatic rings. The molecule has 0 spiro atoms. The van der Waals surface area contributed by atoms with Crippen molar-refractivity contribution in [2.24, 2.45) is 0 Å². The van der Waals surface area contributed by atoms with Crippen LogP contribution in [0, 0.1) is 0 Å². The quantitative estimate of drug-likeness (QED) is 0.529. The maximum Gasteiger partial charge on any atom is 0.340 e. The molecule has 0 unspecified atom stereocenters. The first-order valence-corrected chi connectivity index (χ1v) is 9.59. The van der Waals surface area contributed by atoms with Crippen molar-refractivity contribution in [3.8, 4) is 11.5 Å². The summed E-state index contributed by atoms with van der Waals surface area (Å²) in [6, 6.07) is 15.9. The van der Waals surface area contributed by atoms with Crippen LogP contribution in [0.2, 0.25) is 0 Å². The van der Waals surface area contributed by atoms with Gasteiger partial charge in [0.1, 0.15) is 0 Å². The summed E-state index contributed by atoms with van der Waals surface area (Å²) in [5.74, 6) is 0.923. The molecule has 1 heterocycles. The van der Waals surface area contributed by atoms with Gasteiger partial charge < -0.3 is 19.1 Å². The monoisotopic (exact) mass is 381 g/mol. The Kier molecular flexibility index (Phi) is 6.58. The van der Waals surface area contributed by atoms with Crippen LogP contribution in [0.1, 0.15) is 30.9 Å². The fourth-order valence-electron chi connectivity index (χ4n) is 3.59. The van der Waals surface area contributed by atoms with Crippen molar-refractivity contribution in [1.29, 1.82) is 0 Å². The molecule has 0 bridgehead atoms. The minimum absolute atomic E-state index is 0.301. The van der Waals surface area contributed by atoms with Gasteiger partial charge in [0.2, 0.25) is 0 Å². The van der Waals surface area contributed by atoms with Crippen molar-refractivity contribution in [2.45, 2.75) is 26.3 Å². The van der Waals surface area contributed by atoms with Crippen molar-refractivity contribution < 1.29 is 19.0 Å². The zero-order valence-corrected chi connectivity index (χ0v) is 16.7. The van der Waals surface area contributed by atoms with Crippen molar-refractivity contribution in [3.63, 3.8) is 0 Å². The Morgan fingerprint density at radius 3 is 2.46 bits per heavy atom. The summed E-state index contributed by atoms with van der Waals surface area (Å²) in [4.78, 5) is 15.2. The second-order valence-corrected chi connectivity index (χ2v) is 6.62. The number of carbonyl (C=O) groups excluding carboxylic acids is 1. The van der Waals surface area contributed by atoms with Crippen LogP contribution >= 0.6 is 0 Å². The topological polar surface area (TPSA) is 48.0 Å². The highest BCUT2D eigenvalue weighted by Gasteiger charge is 2.27. The van der Waals surface area contributed by atoms with Crippen molar-refractivity contribution >= 4 is 11.5 Å². The minimum atomic E-state index is -0.301. The van der Waals surface area contributed by atoms with Crippen LogP contribution in [0.3, 0.4) is 0 Å². The molecule has 0 saturated carbocycles. The molecule has 1 aliphatic heterocycles. The second kappa shape index (κ2) is 9.31. The fourth-order valence-corrected chi connectivity index (χ4v) is 3.59. The van der Waals surface area contributed by atoms with Gasteiger partial charge in [-0.05, 0) is 43.0 Å². The Morgan fingerprint density at radius 2 is 1.79 bits per heavy atom. The Hall–Kier alpha value is -2.95. The fraction of sp³-hybridized carbons (Fsp3) is 0.348. The van der Waals surface area contributed by atoms with Gasteiger partial charge in [0.15, 0.2) is 11.5 Å². The maximum atomic E-state index is 12.9. The van der Waals surface area contributed by atoms with E-state index in [9.17, 15) is 4.79 Å². The third-order valence-electron chi connectivity index (χ3n) is 4.88. The molecule has 0 aromatic heterocycles. The molecule has 0 atom stereocenters. The number of benzene rings is 2. The number of carbonyl (C=O) groups is 1. The van der Waals surface area contributed by atoms with Gasteiger partial charge >= 0.3 is 5.97 Å². The summed E-state index contributed by atoms with van der Waals surface area (Å²) >= 11 is 0. The lowest BCUT2D eigenvalue weighted by Gasteiger charge is -2.23. The number of hydrogen-bond acceptors (Lipinski definition) is 5. The Morgan fingerprint density at radius 1 is 1.04 bits per heavy atom. The number of rotatable bonds is 7. The van der Waals surface area contributed by atoms with Crippen molar-refractivity contribution in [1.82, 2.24) is 4.90 Å². The van der Waals surface area contributed by atoms with Crippen LogP contribution in [0.25, 0.3) is 5.57 Å². The number of ether oxygens (including phenoxy) is 3. The molecular formula is C23H27NO4. The van der Waals surface area contributed by atoms with Crippen LogP contribution in [0.15, 0.2) is 54.2 Å². The van der Waals surface area contributed by atoms with E-state index in [1.807, 2.05) is 43.3 Å². The molecule has 3 rings (SSSR count). The first kappa shape index (κ1) is 19.8. The van der Waals surface area contributed by atoms with Gasteiger partial charge in [-0.1, -0.05) is 36.4 Å². The van der Waals surface area contributed by atoms with Gasteiger partial charge in [-0.15, -0.1) is 0 Å². The zero-order chi connectivity index (χ0) is 19.9. The van der Waals surface area contributed by atoms with Gasteiger partial charge in [0, 0.05) is 18.8 Å². The van der Waals surface area contributed by atoms with Crippen LogP contribution in [0.5, 0.6) is 11.5 Å². The third-order valence-corrected chi connectivity index (χ3v) is 4.88. The predicted octanol–water partition coefficient (Wildman–Crippen LogP) is 4.27. The molecular weight excluding hydrogens is 354 g/mol. The van der Waals surface area contributed by atoms with Crippen LogP contribution in [-0.2, 0) is 16.1 Å². The van der Waals surface area contributed by atoms with Gasteiger partial charge in [-0.3, -0.25) is 0 Å². The lowest BCUT2D eigenvalue weighted by Crippen LogP contribution is -2.21. The summed E-state index contributed by atoms with van der Waals surface area (Å²) in [6.07, 6.45) is 1.85. The van der Waals surface area contributed by atoms with E-state index < -0.39 is 0 Å². The minimum Gasteiger partial charge on any atom is -0.493 e. The Balaban J connectivity index is 2.04. The van der Waals surface area contributed by atoms with E-state index in [4.69, 9.17) is 14.2 Å². The van der Waals surface area contributed by atoms with E-state index in [2.05, 4.69) is 17.0 Å². The highest BCUT2D eigenvalue weighted by molar-refractivity contribution is 6.17. The number of hydrogen-bond donors (Lipinski definition) is 0. The molecule has 5 nitrogen and oxygen atoms in total. The number of methoxy groups -OCH3 is 2. The smallest absolute Gasteiger partial charge is 0.340 e. The Bertz CT molecular complexity index is 845. The molecule has 0 amide bonds. The van der Waals surface area contributed by atoms with Gasteiger partial charge in [-0.2, -0.15) is 0 Å². The zero-order valence-electron chi connectivity index (χ0n) is 16.7. The molecule has 148 valence electrons. The van der Waals surface area contributed by atoms with E-state index in [1.165, 1.54) is 5.56 Å². The predicted molar refractivity (Wildman–Crippen MR) is 109 cm³/mol. The largest absolute Gasteiger partial charge is 0.493 e. The molecule has 0 N–H and O–H groups in total. The molecule has 2 aromatic carbocycles. The third kappa shape index (κ3) is 4.30. The average Bonchev–Trinajstić information content (AvgIpc) is 3.16. The summed E-state index contributed by atoms with van der Waals surface area (Å²) in [7, 11) is 3.19. The van der Waals surface area contributed by atoms with Gasteiger partial charge in [-0.25, -0.2) is 4.79 Å². The summed E-state index contributed by atoms with van der Waals surface area (Å²) in [5.41, 5.74) is 3.63. The standard InChI is InChI=1S/C23H27NO4/c1-4-28-23(25)22(18-12-13-20(26-2)21(15-18)27-3)19-11-8-14-24(19)16-17-9-6-5-7-10-17/h5-7,9-10,12-13,15H,4,8,11,14,16H2,1-3H3. The molecule has 2 aromatic rings. The normalized spacial score (nSPS) is 15.3. The summed E-state index contributed by atoms with van der Waals surface area (Å²) in [6.45, 7) is 3.85. The van der Waals surface area contributed by atoms with E-state index >= 15 is 0 Å². The van der Waals surface area contributed by atoms with E-state index in [0.717, 1.165) is 37.2 Å². The molecule has 1 fully saturated rings. The van der Waals surface area contributed by atoms with E-state index in [-0.39, 0.29) is 5.97 Å². The molecule has 0 aliphatic carbocycles. The average molecular weight is 381 g/mol. The maximum absolute atomic E-state index is 12.9. The highest BCUT2D eigenvalue weighted by atomic mass is 16.5. The summed E-state index contributed by atoms with van der Waals surface area (Å²) in [5, 5.41) is 0. The highest BCUT2D eigenvalue weighted by Crippen LogP contribution is 2.36. The number of allylic oxidation sites excluding steroid dienone is 1. The molecule has 5 heteroatoms. The summed E-state index contributed by atoms with van der Waals surface area (Å²) < 4.78 is 16.2. The van der Waals surface area contributed by atoms with E-state index in [1.54, 1.807) is 14.2 Å². The first-order valence-electron chi connectivity index (χ1n) is 9.59. The molecule has 0 radical (unpaired) electrons. The van der Waals surface area contributed by atoms with Crippen LogP contribution < -0.4 is 9.47 Å². The van der Waals surface area contributed by atoms with Crippen LogP contribution in [-0.4, -0.2) is 38.2 Å². The first-order chi connectivity index (χ1) is 13.7. The van der Waals surface area contributed by atoms with Gasteiger partial charge in [0.05, 0.1) is 26.4 Å². The Labute approximate surface area is 166 Å². The number of likely N-dealkylation sites (tertiary alicyclic amines) is 1. The van der Waals surface area contributed by atoms with E-state index in [0.29, 0.717) is 23.7 Å². The molecule has 28 heavy (non-hydrogen) atoms. The molecule has 1 saturated heterocycles.